The van der Waals surface area contributed by atoms with Crippen molar-refractivity contribution >= 4 is 6.09 Å². The van der Waals surface area contributed by atoms with Crippen LogP contribution in [0.15, 0.2) is 18.2 Å². The summed E-state index contributed by atoms with van der Waals surface area (Å²) in [5.74, 6) is 0. The smallest absolute Gasteiger partial charge is 0.418 e. The SMILES string of the molecule is C[C@H]1c2cccc([C@H](O)C(F)(F)F)c2CCN1C(=O)OC(C)(C)C. The van der Waals surface area contributed by atoms with Gasteiger partial charge in [0.25, 0.3) is 0 Å². The molecule has 1 aromatic carbocycles. The minimum Gasteiger partial charge on any atom is -0.444 e. The van der Waals surface area contributed by atoms with Crippen LogP contribution in [-0.2, 0) is 11.2 Å². The third kappa shape index (κ3) is 3.83. The maximum absolute atomic E-state index is 12.9. The van der Waals surface area contributed by atoms with Crippen LogP contribution in [0.25, 0.3) is 0 Å². The Labute approximate surface area is 139 Å². The van der Waals surface area contributed by atoms with Gasteiger partial charge in [-0.1, -0.05) is 18.2 Å². The molecular formula is C17H22F3NO3. The standard InChI is InChI=1S/C17H22F3NO3/c1-10-11-6-5-7-13(14(22)17(18,19)20)12(11)8-9-21(10)15(23)24-16(2,3)4/h5-7,10,14,22H,8-9H2,1-4H3/t10-,14-/m0/s1. The molecule has 0 spiro atoms. The minimum atomic E-state index is -4.72. The van der Waals surface area contributed by atoms with E-state index in [1.807, 2.05) is 0 Å². The molecular weight excluding hydrogens is 323 g/mol. The Kier molecular flexibility index (Phi) is 4.86. The van der Waals surface area contributed by atoms with Crippen molar-refractivity contribution in [3.8, 4) is 0 Å². The lowest BCUT2D eigenvalue weighted by atomic mass is 9.88. The number of hydrogen-bond donors (Lipinski definition) is 1. The van der Waals surface area contributed by atoms with Gasteiger partial charge in [0, 0.05) is 6.54 Å². The lowest BCUT2D eigenvalue weighted by molar-refractivity contribution is -0.207. The zero-order valence-corrected chi connectivity index (χ0v) is 14.1. The number of ether oxygens (including phenoxy) is 1. The van der Waals surface area contributed by atoms with E-state index in [1.54, 1.807) is 33.8 Å². The number of carbonyl (C=O) groups is 1. The van der Waals surface area contributed by atoms with E-state index in [2.05, 4.69) is 0 Å². The van der Waals surface area contributed by atoms with Crippen molar-refractivity contribution in [2.45, 2.75) is 58.0 Å². The minimum absolute atomic E-state index is 0.143. The molecule has 7 heteroatoms. The molecule has 2 rings (SSSR count). The van der Waals surface area contributed by atoms with Crippen LogP contribution in [0.1, 0.15) is 56.5 Å². The third-order valence-corrected chi connectivity index (χ3v) is 4.00. The van der Waals surface area contributed by atoms with Crippen LogP contribution >= 0.6 is 0 Å². The van der Waals surface area contributed by atoms with Crippen LogP contribution in [0.3, 0.4) is 0 Å². The van der Waals surface area contributed by atoms with Gasteiger partial charge in [-0.15, -0.1) is 0 Å². The average molecular weight is 345 g/mol. The zero-order chi connectivity index (χ0) is 18.3. The average Bonchev–Trinajstić information content (AvgIpc) is 2.43. The fraction of sp³-hybridized carbons (Fsp3) is 0.588. The van der Waals surface area contributed by atoms with Gasteiger partial charge in [0.1, 0.15) is 5.60 Å². The molecule has 1 aromatic rings. The molecule has 0 radical (unpaired) electrons. The maximum atomic E-state index is 12.9. The lowest BCUT2D eigenvalue weighted by Crippen LogP contribution is -2.42. The van der Waals surface area contributed by atoms with Crippen LogP contribution in [0.2, 0.25) is 0 Å². The maximum Gasteiger partial charge on any atom is 0.418 e. The number of halogens is 3. The van der Waals surface area contributed by atoms with Crippen LogP contribution in [0, 0.1) is 0 Å². The third-order valence-electron chi connectivity index (χ3n) is 4.00. The summed E-state index contributed by atoms with van der Waals surface area (Å²) >= 11 is 0. The molecule has 0 bridgehead atoms. The highest BCUT2D eigenvalue weighted by Gasteiger charge is 2.42. The van der Waals surface area contributed by atoms with Gasteiger partial charge < -0.3 is 14.7 Å². The normalized spacial score (nSPS) is 19.7. The molecule has 1 aliphatic heterocycles. The van der Waals surface area contributed by atoms with Gasteiger partial charge in [0.15, 0.2) is 6.10 Å². The largest absolute Gasteiger partial charge is 0.444 e. The summed E-state index contributed by atoms with van der Waals surface area (Å²) in [4.78, 5) is 13.8. The summed E-state index contributed by atoms with van der Waals surface area (Å²) in [6.07, 6.45) is -7.50. The fourth-order valence-corrected chi connectivity index (χ4v) is 2.90. The molecule has 0 aliphatic carbocycles. The summed E-state index contributed by atoms with van der Waals surface area (Å²) < 4.78 is 43.9. The second-order valence-electron chi connectivity index (χ2n) is 6.96. The van der Waals surface area contributed by atoms with E-state index in [1.165, 1.54) is 17.0 Å². The monoisotopic (exact) mass is 345 g/mol. The molecule has 4 nitrogen and oxygen atoms in total. The Morgan fingerprint density at radius 2 is 1.96 bits per heavy atom. The van der Waals surface area contributed by atoms with Crippen molar-refractivity contribution in [2.24, 2.45) is 0 Å². The first-order valence-corrected chi connectivity index (χ1v) is 7.78. The number of benzene rings is 1. The topological polar surface area (TPSA) is 49.8 Å². The number of amides is 1. The van der Waals surface area contributed by atoms with Crippen molar-refractivity contribution < 1.29 is 27.8 Å². The molecule has 24 heavy (non-hydrogen) atoms. The summed E-state index contributed by atoms with van der Waals surface area (Å²) in [6, 6.07) is 4.01. The second-order valence-corrected chi connectivity index (χ2v) is 6.96. The molecule has 1 heterocycles. The number of fused-ring (bicyclic) bond motifs is 1. The first-order chi connectivity index (χ1) is 10.9. The number of aliphatic hydroxyl groups is 1. The highest BCUT2D eigenvalue weighted by molar-refractivity contribution is 5.69. The van der Waals surface area contributed by atoms with Crippen LogP contribution in [-0.4, -0.2) is 34.4 Å². The van der Waals surface area contributed by atoms with Gasteiger partial charge in [0.05, 0.1) is 6.04 Å². The van der Waals surface area contributed by atoms with Crippen molar-refractivity contribution in [3.05, 3.63) is 34.9 Å². The summed E-state index contributed by atoms with van der Waals surface area (Å²) in [5.41, 5.74) is 0.268. The van der Waals surface area contributed by atoms with Crippen LogP contribution in [0.5, 0.6) is 0 Å². The predicted molar refractivity (Wildman–Crippen MR) is 82.5 cm³/mol. The van der Waals surface area contributed by atoms with Gasteiger partial charge in [-0.05, 0) is 50.8 Å². The molecule has 0 aromatic heterocycles. The fourth-order valence-electron chi connectivity index (χ4n) is 2.90. The molecule has 1 N–H and O–H groups in total. The van der Waals surface area contributed by atoms with E-state index in [-0.39, 0.29) is 18.5 Å². The van der Waals surface area contributed by atoms with Crippen LogP contribution in [0.4, 0.5) is 18.0 Å². The Bertz CT molecular complexity index is 622. The summed E-state index contributed by atoms with van der Waals surface area (Å²) in [7, 11) is 0. The van der Waals surface area contributed by atoms with Crippen molar-refractivity contribution in [3.63, 3.8) is 0 Å². The lowest BCUT2D eigenvalue weighted by Gasteiger charge is -2.37. The summed E-state index contributed by atoms with van der Waals surface area (Å²) in [5, 5.41) is 9.60. The summed E-state index contributed by atoms with van der Waals surface area (Å²) in [6.45, 7) is 7.25. The van der Waals surface area contributed by atoms with Crippen LogP contribution < -0.4 is 0 Å². The first kappa shape index (κ1) is 18.6. The number of nitrogens with zero attached hydrogens (tertiary/aromatic N) is 1. The Morgan fingerprint density at radius 3 is 2.50 bits per heavy atom. The Hall–Kier alpha value is -1.76. The molecule has 2 atom stereocenters. The van der Waals surface area contributed by atoms with E-state index >= 15 is 0 Å². The van der Waals surface area contributed by atoms with Crippen molar-refractivity contribution in [2.75, 3.05) is 6.54 Å². The molecule has 0 saturated heterocycles. The van der Waals surface area contributed by atoms with E-state index in [9.17, 15) is 23.1 Å². The molecule has 0 saturated carbocycles. The van der Waals surface area contributed by atoms with Gasteiger partial charge in [0.2, 0.25) is 0 Å². The quantitative estimate of drug-likeness (QED) is 0.832. The van der Waals surface area contributed by atoms with Gasteiger partial charge in [-0.3, -0.25) is 0 Å². The molecule has 0 unspecified atom stereocenters. The zero-order valence-electron chi connectivity index (χ0n) is 14.1. The number of alkyl halides is 3. The van der Waals surface area contributed by atoms with E-state index in [0.29, 0.717) is 11.1 Å². The number of rotatable bonds is 1. The number of carbonyl (C=O) groups excluding carboxylic acids is 1. The van der Waals surface area contributed by atoms with Crippen molar-refractivity contribution in [1.82, 2.24) is 4.90 Å². The Balaban J connectivity index is 2.32. The first-order valence-electron chi connectivity index (χ1n) is 7.78. The van der Waals surface area contributed by atoms with E-state index in [0.717, 1.165) is 0 Å². The van der Waals surface area contributed by atoms with E-state index in [4.69, 9.17) is 4.74 Å². The highest BCUT2D eigenvalue weighted by atomic mass is 19.4. The highest BCUT2D eigenvalue weighted by Crippen LogP contribution is 2.39. The van der Waals surface area contributed by atoms with Gasteiger partial charge >= 0.3 is 12.3 Å². The molecule has 1 aliphatic rings. The predicted octanol–water partition coefficient (Wildman–Crippen LogP) is 4.14. The van der Waals surface area contributed by atoms with Gasteiger partial charge in [-0.2, -0.15) is 13.2 Å². The van der Waals surface area contributed by atoms with E-state index < -0.39 is 30.0 Å². The molecule has 0 fully saturated rings. The molecule has 1 amide bonds. The second kappa shape index (κ2) is 6.27. The molecule has 134 valence electrons. The Morgan fingerprint density at radius 1 is 1.33 bits per heavy atom. The number of hydrogen-bond acceptors (Lipinski definition) is 3. The van der Waals surface area contributed by atoms with Gasteiger partial charge in [-0.25, -0.2) is 4.79 Å². The van der Waals surface area contributed by atoms with Crippen molar-refractivity contribution in [1.29, 1.82) is 0 Å². The number of aliphatic hydroxyl groups excluding tert-OH is 1.